The van der Waals surface area contributed by atoms with Crippen LogP contribution < -0.4 is 0 Å². The Morgan fingerprint density at radius 2 is 0.786 bits per heavy atom. The first-order chi connectivity index (χ1) is 6.12. The molecule has 1 aliphatic rings. The van der Waals surface area contributed by atoms with Crippen LogP contribution in [0.1, 0.15) is 0 Å². The lowest BCUT2D eigenvalue weighted by Gasteiger charge is -2.46. The van der Waals surface area contributed by atoms with E-state index in [0.717, 1.165) is 9.55 Å². The molecular weight excluding hydrogens is 268 g/mol. The van der Waals surface area contributed by atoms with E-state index in [4.69, 9.17) is 23.4 Å². The van der Waals surface area contributed by atoms with Crippen LogP contribution >= 0.6 is 11.1 Å². The van der Waals surface area contributed by atoms with E-state index in [-0.39, 0.29) is 0 Å². The van der Waals surface area contributed by atoms with Crippen molar-refractivity contribution in [2.24, 2.45) is 0 Å². The second-order valence-corrected chi connectivity index (χ2v) is 15.4. The summed E-state index contributed by atoms with van der Waals surface area (Å²) in [7, 11) is -4.81. The third-order valence-corrected chi connectivity index (χ3v) is 13.3. The SMILES string of the molecule is C[Si]1(C)O[Si](C)(C)O[Si](C)(C)O1.[SiH3]Cl. The Bertz CT molecular complexity index is 152. The van der Waals surface area contributed by atoms with Gasteiger partial charge in [0.05, 0.1) is 0 Å². The minimum Gasteiger partial charge on any atom is -0.416 e. The summed E-state index contributed by atoms with van der Waals surface area (Å²) in [5.41, 5.74) is 0. The third-order valence-electron chi connectivity index (χ3n) is 1.47. The Hall–Kier alpha value is 1.04. The molecule has 14 heavy (non-hydrogen) atoms. The highest BCUT2D eigenvalue weighted by atomic mass is 35.6. The van der Waals surface area contributed by atoms with Crippen LogP contribution in [0.4, 0.5) is 0 Å². The van der Waals surface area contributed by atoms with Crippen molar-refractivity contribution >= 4 is 46.3 Å². The van der Waals surface area contributed by atoms with Crippen molar-refractivity contribution < 1.29 is 12.3 Å². The number of halogens is 1. The monoisotopic (exact) mass is 288 g/mol. The average molecular weight is 289 g/mol. The molecule has 0 bridgehead atoms. The lowest BCUT2D eigenvalue weighted by Crippen LogP contribution is -2.64. The molecule has 1 rings (SSSR count). The van der Waals surface area contributed by atoms with Crippen LogP contribution in [0.2, 0.25) is 39.3 Å². The Morgan fingerprint density at radius 1 is 0.643 bits per heavy atom. The highest BCUT2D eigenvalue weighted by Crippen LogP contribution is 2.29. The van der Waals surface area contributed by atoms with E-state index in [1.54, 1.807) is 0 Å². The second kappa shape index (κ2) is 4.91. The molecule has 0 atom stereocenters. The predicted molar refractivity (Wildman–Crippen MR) is 71.5 cm³/mol. The molecular formula is C6H21ClO3Si4. The summed E-state index contributed by atoms with van der Waals surface area (Å²) in [5.74, 6) is 0. The summed E-state index contributed by atoms with van der Waals surface area (Å²) in [5, 5.41) is 0. The predicted octanol–water partition coefficient (Wildman–Crippen LogP) is 1.66. The van der Waals surface area contributed by atoms with Gasteiger partial charge < -0.3 is 12.3 Å². The van der Waals surface area contributed by atoms with Crippen LogP contribution in [0.15, 0.2) is 0 Å². The highest BCUT2D eigenvalue weighted by Gasteiger charge is 2.49. The highest BCUT2D eigenvalue weighted by molar-refractivity contribution is 6.92. The molecule has 1 aliphatic heterocycles. The van der Waals surface area contributed by atoms with Crippen molar-refractivity contribution in [2.45, 2.75) is 39.3 Å². The largest absolute Gasteiger partial charge is 0.416 e. The average Bonchev–Trinajstić information content (AvgIpc) is 1.79. The summed E-state index contributed by atoms with van der Waals surface area (Å²) in [6.45, 7) is 12.6. The van der Waals surface area contributed by atoms with Gasteiger partial charge in [-0.3, -0.25) is 0 Å². The first-order valence-electron chi connectivity index (χ1n) is 4.60. The van der Waals surface area contributed by atoms with Crippen molar-refractivity contribution in [1.82, 2.24) is 0 Å². The summed E-state index contributed by atoms with van der Waals surface area (Å²) >= 11 is 4.78. The van der Waals surface area contributed by atoms with Crippen molar-refractivity contribution in [1.29, 1.82) is 0 Å². The number of hydrogen-bond acceptors (Lipinski definition) is 3. The molecule has 1 heterocycles. The molecule has 0 aliphatic carbocycles. The standard InChI is InChI=1S/C6H18O3Si3.ClH3Si/c1-10(2)7-11(3,4)9-12(5,6)8-10;1-2/h1-6H3;2H3. The molecule has 86 valence electrons. The van der Waals surface area contributed by atoms with Crippen LogP contribution in [0, 0.1) is 0 Å². The fourth-order valence-electron chi connectivity index (χ4n) is 1.84. The molecule has 0 radical (unpaired) electrons. The molecule has 0 N–H and O–H groups in total. The minimum absolute atomic E-state index is 0.778. The molecule has 0 saturated carbocycles. The van der Waals surface area contributed by atoms with Gasteiger partial charge in [0.2, 0.25) is 0 Å². The molecule has 1 fully saturated rings. The van der Waals surface area contributed by atoms with E-state index in [1.807, 2.05) is 0 Å². The molecule has 8 heteroatoms. The molecule has 0 aromatic rings. The van der Waals surface area contributed by atoms with Crippen LogP contribution in [-0.2, 0) is 12.3 Å². The summed E-state index contributed by atoms with van der Waals surface area (Å²) in [4.78, 5) is 0. The van der Waals surface area contributed by atoms with Gasteiger partial charge in [0, 0.05) is 0 Å². The van der Waals surface area contributed by atoms with E-state index in [1.165, 1.54) is 0 Å². The zero-order chi connectivity index (χ0) is 11.6. The van der Waals surface area contributed by atoms with Gasteiger partial charge in [0.15, 0.2) is 0 Å². The normalized spacial score (nSPS) is 27.6. The Kier molecular flexibility index (Phi) is 5.28. The minimum atomic E-state index is -1.86. The summed E-state index contributed by atoms with van der Waals surface area (Å²) in [6.07, 6.45) is 0. The third kappa shape index (κ3) is 5.21. The molecule has 0 unspecified atom stereocenters. The van der Waals surface area contributed by atoms with E-state index in [9.17, 15) is 0 Å². The zero-order valence-corrected chi connectivity index (χ0v) is 15.9. The maximum Gasteiger partial charge on any atom is 0.314 e. The molecule has 0 spiro atoms. The van der Waals surface area contributed by atoms with Gasteiger partial charge >= 0.3 is 25.7 Å². The molecule has 0 aromatic carbocycles. The van der Waals surface area contributed by atoms with Crippen LogP contribution in [0.5, 0.6) is 0 Å². The van der Waals surface area contributed by atoms with E-state index >= 15 is 0 Å². The van der Waals surface area contributed by atoms with Gasteiger partial charge in [-0.2, -0.15) is 11.1 Å². The van der Waals surface area contributed by atoms with Gasteiger partial charge in [0.1, 0.15) is 9.55 Å². The van der Waals surface area contributed by atoms with Gasteiger partial charge in [0.25, 0.3) is 0 Å². The fraction of sp³-hybridized carbons (Fsp3) is 1.00. The summed E-state index contributed by atoms with van der Waals surface area (Å²) in [6, 6.07) is 0. The first kappa shape index (κ1) is 15.0. The van der Waals surface area contributed by atoms with Crippen molar-refractivity contribution in [2.75, 3.05) is 0 Å². The van der Waals surface area contributed by atoms with E-state index < -0.39 is 25.7 Å². The lowest BCUT2D eigenvalue weighted by atomic mass is 11.9. The topological polar surface area (TPSA) is 27.7 Å². The lowest BCUT2D eigenvalue weighted by molar-refractivity contribution is 0.238. The Morgan fingerprint density at radius 3 is 0.929 bits per heavy atom. The van der Waals surface area contributed by atoms with Crippen LogP contribution in [0.3, 0.4) is 0 Å². The van der Waals surface area contributed by atoms with E-state index in [2.05, 4.69) is 39.3 Å². The quantitative estimate of drug-likeness (QED) is 0.501. The zero-order valence-electron chi connectivity index (χ0n) is 10.1. The maximum absolute atomic E-state index is 5.86. The van der Waals surface area contributed by atoms with Gasteiger partial charge in [-0.05, 0) is 39.3 Å². The Labute approximate surface area is 98.0 Å². The van der Waals surface area contributed by atoms with Crippen LogP contribution in [0.25, 0.3) is 0 Å². The fourth-order valence-corrected chi connectivity index (χ4v) is 17.7. The van der Waals surface area contributed by atoms with Crippen LogP contribution in [-0.4, -0.2) is 35.2 Å². The van der Waals surface area contributed by atoms with Gasteiger partial charge in [-0.25, -0.2) is 0 Å². The van der Waals surface area contributed by atoms with Crippen molar-refractivity contribution in [3.63, 3.8) is 0 Å². The maximum atomic E-state index is 5.86. The Balaban J connectivity index is 0.000000791. The number of rotatable bonds is 0. The molecule has 0 aromatic heterocycles. The van der Waals surface area contributed by atoms with Crippen molar-refractivity contribution in [3.8, 4) is 0 Å². The summed E-state index contributed by atoms with van der Waals surface area (Å²) < 4.78 is 17.6. The van der Waals surface area contributed by atoms with E-state index in [0.29, 0.717) is 0 Å². The molecule has 0 amide bonds. The molecule has 1 saturated heterocycles. The number of hydrogen-bond donors (Lipinski definition) is 0. The first-order valence-corrected chi connectivity index (χ1v) is 16.1. The molecule has 3 nitrogen and oxygen atoms in total. The van der Waals surface area contributed by atoms with Crippen molar-refractivity contribution in [3.05, 3.63) is 0 Å². The van der Waals surface area contributed by atoms with Gasteiger partial charge in [-0.1, -0.05) is 0 Å². The van der Waals surface area contributed by atoms with Gasteiger partial charge in [-0.15, -0.1) is 0 Å². The smallest absolute Gasteiger partial charge is 0.314 e. The second-order valence-electron chi connectivity index (χ2n) is 4.51.